The van der Waals surface area contributed by atoms with Gasteiger partial charge in [0.1, 0.15) is 22.2 Å². The number of carbonyl (C=O) groups is 1. The number of carbonyl (C=O) groups excluding carboxylic acids is 1. The Morgan fingerprint density at radius 1 is 1.25 bits per heavy atom. The highest BCUT2D eigenvalue weighted by atomic mass is 32.1. The van der Waals surface area contributed by atoms with E-state index in [1.165, 1.54) is 24.5 Å². The summed E-state index contributed by atoms with van der Waals surface area (Å²) in [6.07, 6.45) is -0.736. The molecule has 3 aromatic rings. The SMILES string of the molecule is COC(=O)C1CCC(O)(c2ncc(-c3cc(N)cc(Nc4cc(C(F)(F)F)ccn4)n3)s2)CC1(C)C. The molecule has 2 atom stereocenters. The number of halogens is 3. The second-order valence-electron chi connectivity index (χ2n) is 9.56. The molecule has 4 rings (SSSR count). The smallest absolute Gasteiger partial charge is 0.416 e. The number of thiazole rings is 1. The van der Waals surface area contributed by atoms with Crippen molar-refractivity contribution in [3.8, 4) is 10.6 Å². The highest BCUT2D eigenvalue weighted by molar-refractivity contribution is 7.15. The van der Waals surface area contributed by atoms with Crippen molar-refractivity contribution in [1.29, 1.82) is 0 Å². The molecule has 1 fully saturated rings. The number of nitrogens with zero attached hydrogens (tertiary/aromatic N) is 3. The van der Waals surface area contributed by atoms with Crippen LogP contribution in [-0.2, 0) is 21.3 Å². The number of ether oxygens (including phenoxy) is 1. The number of esters is 1. The molecule has 0 saturated heterocycles. The van der Waals surface area contributed by atoms with E-state index in [1.54, 1.807) is 12.3 Å². The van der Waals surface area contributed by atoms with Gasteiger partial charge in [0, 0.05) is 24.1 Å². The van der Waals surface area contributed by atoms with E-state index in [0.29, 0.717) is 40.5 Å². The highest BCUT2D eigenvalue weighted by Crippen LogP contribution is 2.51. The monoisotopic (exact) mass is 521 g/mol. The Bertz CT molecular complexity index is 1280. The summed E-state index contributed by atoms with van der Waals surface area (Å²) in [7, 11) is 1.36. The van der Waals surface area contributed by atoms with Crippen LogP contribution in [0, 0.1) is 11.3 Å². The average Bonchev–Trinajstić information content (AvgIpc) is 3.29. The van der Waals surface area contributed by atoms with E-state index in [0.717, 1.165) is 18.3 Å². The minimum Gasteiger partial charge on any atom is -0.469 e. The van der Waals surface area contributed by atoms with E-state index in [-0.39, 0.29) is 23.5 Å². The summed E-state index contributed by atoms with van der Waals surface area (Å²) in [5, 5.41) is 14.7. The van der Waals surface area contributed by atoms with Crippen molar-refractivity contribution in [3.63, 3.8) is 0 Å². The van der Waals surface area contributed by atoms with Crippen LogP contribution in [0.25, 0.3) is 10.6 Å². The van der Waals surface area contributed by atoms with Crippen LogP contribution in [0.15, 0.2) is 36.7 Å². The predicted octanol–water partition coefficient (Wildman–Crippen LogP) is 5.13. The van der Waals surface area contributed by atoms with Crippen molar-refractivity contribution >= 4 is 34.6 Å². The van der Waals surface area contributed by atoms with Crippen molar-refractivity contribution in [2.45, 2.75) is 44.9 Å². The Labute approximate surface area is 209 Å². The Kier molecular flexibility index (Phi) is 6.69. The van der Waals surface area contributed by atoms with E-state index < -0.39 is 22.8 Å². The Morgan fingerprint density at radius 2 is 2.00 bits per heavy atom. The summed E-state index contributed by atoms with van der Waals surface area (Å²) < 4.78 is 44.0. The van der Waals surface area contributed by atoms with Gasteiger partial charge in [-0.1, -0.05) is 13.8 Å². The molecule has 0 aliphatic heterocycles. The Morgan fingerprint density at radius 3 is 2.67 bits per heavy atom. The molecule has 1 saturated carbocycles. The topological polar surface area (TPSA) is 123 Å². The number of methoxy groups -OCH3 is 1. The van der Waals surface area contributed by atoms with Crippen LogP contribution < -0.4 is 11.1 Å². The van der Waals surface area contributed by atoms with E-state index in [2.05, 4.69) is 20.3 Å². The molecule has 0 spiro atoms. The number of hydrogen-bond acceptors (Lipinski definition) is 9. The number of nitrogens with one attached hydrogen (secondary N) is 1. The third kappa shape index (κ3) is 5.29. The van der Waals surface area contributed by atoms with Gasteiger partial charge in [-0.3, -0.25) is 4.79 Å². The number of pyridine rings is 2. The molecule has 8 nitrogen and oxygen atoms in total. The molecule has 36 heavy (non-hydrogen) atoms. The molecule has 0 radical (unpaired) electrons. The number of anilines is 3. The molecule has 3 aromatic heterocycles. The molecular weight excluding hydrogens is 495 g/mol. The van der Waals surface area contributed by atoms with E-state index in [9.17, 15) is 23.1 Å². The minimum absolute atomic E-state index is 0.0298. The van der Waals surface area contributed by atoms with Crippen molar-refractivity contribution < 1.29 is 27.8 Å². The van der Waals surface area contributed by atoms with Gasteiger partial charge in [0.25, 0.3) is 0 Å². The fourth-order valence-electron chi connectivity index (χ4n) is 4.66. The molecule has 4 N–H and O–H groups in total. The van der Waals surface area contributed by atoms with Gasteiger partial charge in [-0.25, -0.2) is 15.0 Å². The van der Waals surface area contributed by atoms with Crippen molar-refractivity contribution in [3.05, 3.63) is 47.2 Å². The first-order valence-corrected chi connectivity index (χ1v) is 12.0. The number of alkyl halides is 3. The quantitative estimate of drug-likeness (QED) is 0.395. The molecule has 3 heterocycles. The molecule has 192 valence electrons. The highest BCUT2D eigenvalue weighted by Gasteiger charge is 2.49. The summed E-state index contributed by atoms with van der Waals surface area (Å²) in [6, 6.07) is 4.87. The average molecular weight is 522 g/mol. The zero-order valence-electron chi connectivity index (χ0n) is 19.9. The summed E-state index contributed by atoms with van der Waals surface area (Å²) in [5.74, 6) is -0.431. The molecule has 1 aliphatic rings. The zero-order valence-corrected chi connectivity index (χ0v) is 20.7. The van der Waals surface area contributed by atoms with Crippen LogP contribution in [0.2, 0.25) is 0 Å². The summed E-state index contributed by atoms with van der Waals surface area (Å²) >= 11 is 1.25. The molecule has 0 aromatic carbocycles. The van der Waals surface area contributed by atoms with Crippen LogP contribution in [0.3, 0.4) is 0 Å². The zero-order chi connectivity index (χ0) is 26.3. The number of nitrogens with two attached hydrogens (primary N) is 1. The summed E-state index contributed by atoms with van der Waals surface area (Å²) in [6.45, 7) is 3.85. The first-order chi connectivity index (χ1) is 16.8. The van der Waals surface area contributed by atoms with Crippen LogP contribution in [0.4, 0.5) is 30.5 Å². The van der Waals surface area contributed by atoms with Gasteiger partial charge in [-0.05, 0) is 42.9 Å². The minimum atomic E-state index is -4.50. The molecule has 12 heteroatoms. The fraction of sp³-hybridized carbons (Fsp3) is 0.417. The third-order valence-electron chi connectivity index (χ3n) is 6.37. The third-order valence-corrected chi connectivity index (χ3v) is 7.58. The number of aromatic nitrogens is 3. The van der Waals surface area contributed by atoms with Gasteiger partial charge in [0.15, 0.2) is 0 Å². The Hall–Kier alpha value is -3.25. The van der Waals surface area contributed by atoms with Crippen LogP contribution in [0.1, 0.15) is 43.7 Å². The normalized spacial score (nSPS) is 21.7. The van der Waals surface area contributed by atoms with E-state index in [1.807, 2.05) is 13.8 Å². The van der Waals surface area contributed by atoms with Gasteiger partial charge in [-0.15, -0.1) is 11.3 Å². The maximum atomic E-state index is 13.0. The van der Waals surface area contributed by atoms with Crippen LogP contribution in [-0.4, -0.2) is 33.1 Å². The lowest BCUT2D eigenvalue weighted by Crippen LogP contribution is -2.45. The van der Waals surface area contributed by atoms with Gasteiger partial charge < -0.3 is 20.9 Å². The van der Waals surface area contributed by atoms with Crippen molar-refractivity contribution in [2.24, 2.45) is 11.3 Å². The summed E-state index contributed by atoms with van der Waals surface area (Å²) in [4.78, 5) is 25.6. The maximum Gasteiger partial charge on any atom is 0.416 e. The lowest BCUT2D eigenvalue weighted by atomic mass is 9.63. The van der Waals surface area contributed by atoms with E-state index >= 15 is 0 Å². The predicted molar refractivity (Wildman–Crippen MR) is 129 cm³/mol. The summed E-state index contributed by atoms with van der Waals surface area (Å²) in [5.41, 5.74) is 4.24. The van der Waals surface area contributed by atoms with E-state index in [4.69, 9.17) is 10.5 Å². The lowest BCUT2D eigenvalue weighted by molar-refractivity contribution is -0.157. The number of rotatable bonds is 5. The fourth-order valence-corrected chi connectivity index (χ4v) is 5.65. The van der Waals surface area contributed by atoms with Crippen LogP contribution >= 0.6 is 11.3 Å². The van der Waals surface area contributed by atoms with Gasteiger partial charge in [0.2, 0.25) is 0 Å². The molecular formula is C24H26F3N5O3S. The van der Waals surface area contributed by atoms with Gasteiger partial charge in [0.05, 0.1) is 29.2 Å². The molecule has 1 aliphatic carbocycles. The number of aliphatic hydroxyl groups is 1. The second kappa shape index (κ2) is 9.32. The van der Waals surface area contributed by atoms with Crippen molar-refractivity contribution in [1.82, 2.24) is 15.0 Å². The lowest BCUT2D eigenvalue weighted by Gasteiger charge is -2.44. The van der Waals surface area contributed by atoms with Crippen molar-refractivity contribution in [2.75, 3.05) is 18.2 Å². The second-order valence-corrected chi connectivity index (χ2v) is 10.6. The Balaban J connectivity index is 1.58. The standard InChI is InChI=1S/C24H26F3N5O3S/c1-22(2)12-23(34,6-4-15(22)20(33)35-3)21-30-11-17(36-21)16-9-14(28)10-19(31-16)32-18-8-13(5-7-29-18)24(25,26)27/h5,7-11,15,34H,4,6,12H2,1-3H3,(H3,28,29,31,32). The molecule has 0 bridgehead atoms. The first kappa shape index (κ1) is 25.8. The van der Waals surface area contributed by atoms with Gasteiger partial charge in [-0.2, -0.15) is 13.2 Å². The van der Waals surface area contributed by atoms with Crippen LogP contribution in [0.5, 0.6) is 0 Å². The molecule has 2 unspecified atom stereocenters. The van der Waals surface area contributed by atoms with Gasteiger partial charge >= 0.3 is 12.1 Å². The molecule has 0 amide bonds. The number of nitrogen functional groups attached to an aromatic ring is 1. The number of hydrogen-bond donors (Lipinski definition) is 3. The largest absolute Gasteiger partial charge is 0.469 e. The first-order valence-electron chi connectivity index (χ1n) is 11.2. The maximum absolute atomic E-state index is 13.0.